The Balaban J connectivity index is 1.19. The molecule has 5 rings (SSSR count). The summed E-state index contributed by atoms with van der Waals surface area (Å²) >= 11 is 0. The van der Waals surface area contributed by atoms with E-state index in [1.54, 1.807) is 6.92 Å². The first-order valence-electron chi connectivity index (χ1n) is 10.5. The fraction of sp³-hybridized carbons (Fsp3) is 0.240. The highest BCUT2D eigenvalue weighted by Crippen LogP contribution is 2.20. The van der Waals surface area contributed by atoms with E-state index < -0.39 is 0 Å². The number of rotatable bonds is 5. The number of benzene rings is 3. The van der Waals surface area contributed by atoms with E-state index in [0.717, 1.165) is 30.8 Å². The number of aryl methyl sites for hydroxylation is 1. The number of aromatic nitrogens is 2. The van der Waals surface area contributed by atoms with Gasteiger partial charge in [0.15, 0.2) is 0 Å². The van der Waals surface area contributed by atoms with Crippen molar-refractivity contribution in [2.75, 3.05) is 19.6 Å². The molecule has 1 amide bonds. The molecule has 0 N–H and O–H groups in total. The van der Waals surface area contributed by atoms with Crippen molar-refractivity contribution in [1.29, 1.82) is 0 Å². The van der Waals surface area contributed by atoms with Crippen LogP contribution in [0.5, 0.6) is 0 Å². The monoisotopic (exact) mass is 412 g/mol. The molecule has 6 heteroatoms. The molecular weight excluding hydrogens is 388 g/mol. The summed E-state index contributed by atoms with van der Waals surface area (Å²) in [6.45, 7) is 5.25. The summed E-state index contributed by atoms with van der Waals surface area (Å²) in [4.78, 5) is 21.2. The van der Waals surface area contributed by atoms with E-state index in [0.29, 0.717) is 24.8 Å². The molecule has 0 unspecified atom stereocenters. The molecule has 1 saturated heterocycles. The Morgan fingerprint density at radius 1 is 0.903 bits per heavy atom. The molecule has 0 aliphatic carbocycles. The van der Waals surface area contributed by atoms with Gasteiger partial charge in [0.25, 0.3) is 0 Å². The van der Waals surface area contributed by atoms with Gasteiger partial charge in [0, 0.05) is 38.7 Å². The van der Waals surface area contributed by atoms with Gasteiger partial charge >= 0.3 is 0 Å². The first kappa shape index (κ1) is 19.5. The molecule has 0 saturated carbocycles. The summed E-state index contributed by atoms with van der Waals surface area (Å²) in [5.41, 5.74) is 3.25. The molecule has 0 bridgehead atoms. The van der Waals surface area contributed by atoms with Gasteiger partial charge in [-0.2, -0.15) is 4.98 Å². The van der Waals surface area contributed by atoms with Gasteiger partial charge in [-0.05, 0) is 28.0 Å². The van der Waals surface area contributed by atoms with Crippen molar-refractivity contribution in [1.82, 2.24) is 19.9 Å². The van der Waals surface area contributed by atoms with Crippen molar-refractivity contribution in [2.45, 2.75) is 20.0 Å². The van der Waals surface area contributed by atoms with E-state index in [4.69, 9.17) is 4.52 Å². The highest BCUT2D eigenvalue weighted by molar-refractivity contribution is 5.83. The van der Waals surface area contributed by atoms with Crippen molar-refractivity contribution < 1.29 is 9.32 Å². The zero-order valence-electron chi connectivity index (χ0n) is 17.5. The molecule has 0 atom stereocenters. The first-order valence-corrected chi connectivity index (χ1v) is 10.5. The molecular formula is C25H24N4O2. The van der Waals surface area contributed by atoms with Crippen molar-refractivity contribution in [3.8, 4) is 11.4 Å². The van der Waals surface area contributed by atoms with Crippen molar-refractivity contribution >= 4 is 16.7 Å². The van der Waals surface area contributed by atoms with E-state index in [-0.39, 0.29) is 5.91 Å². The molecule has 2 heterocycles. The van der Waals surface area contributed by atoms with Gasteiger partial charge in [0.2, 0.25) is 17.6 Å². The maximum absolute atomic E-state index is 12.8. The fourth-order valence-corrected chi connectivity index (χ4v) is 4.05. The van der Waals surface area contributed by atoms with Gasteiger partial charge in [-0.1, -0.05) is 65.8 Å². The summed E-state index contributed by atoms with van der Waals surface area (Å²) in [6.07, 6.45) is 0. The topological polar surface area (TPSA) is 62.5 Å². The number of piperazine rings is 1. The van der Waals surface area contributed by atoms with Crippen LogP contribution in [0.4, 0.5) is 0 Å². The highest BCUT2D eigenvalue weighted by Gasteiger charge is 2.24. The number of nitrogens with zero attached hydrogens (tertiary/aromatic N) is 4. The van der Waals surface area contributed by atoms with Crippen LogP contribution < -0.4 is 0 Å². The maximum Gasteiger partial charge on any atom is 0.237 e. The number of carbonyl (C=O) groups excluding carboxylic acids is 1. The third-order valence-corrected chi connectivity index (χ3v) is 5.73. The average molecular weight is 412 g/mol. The smallest absolute Gasteiger partial charge is 0.237 e. The minimum atomic E-state index is 0.171. The zero-order chi connectivity index (χ0) is 21.2. The summed E-state index contributed by atoms with van der Waals surface area (Å²) in [5, 5.41) is 6.43. The van der Waals surface area contributed by atoms with Crippen LogP contribution >= 0.6 is 0 Å². The third-order valence-electron chi connectivity index (χ3n) is 5.73. The molecule has 3 aromatic carbocycles. The van der Waals surface area contributed by atoms with Crippen LogP contribution in [-0.4, -0.2) is 45.5 Å². The molecule has 0 radical (unpaired) electrons. The van der Waals surface area contributed by atoms with Crippen molar-refractivity contribution in [2.24, 2.45) is 0 Å². The van der Waals surface area contributed by atoms with Gasteiger partial charge < -0.3 is 9.42 Å². The molecule has 1 aliphatic heterocycles. The van der Waals surface area contributed by atoms with E-state index in [9.17, 15) is 4.79 Å². The highest BCUT2D eigenvalue weighted by atomic mass is 16.5. The lowest BCUT2D eigenvalue weighted by atomic mass is 10.1. The average Bonchev–Trinajstić information content (AvgIpc) is 3.22. The van der Waals surface area contributed by atoms with Crippen LogP contribution in [0.2, 0.25) is 0 Å². The van der Waals surface area contributed by atoms with Crippen molar-refractivity contribution in [3.05, 3.63) is 83.7 Å². The van der Waals surface area contributed by atoms with Gasteiger partial charge in [0.05, 0.1) is 6.54 Å². The lowest BCUT2D eigenvalue weighted by Gasteiger charge is -2.34. The maximum atomic E-state index is 12.8. The number of carbonyl (C=O) groups is 1. The van der Waals surface area contributed by atoms with Crippen LogP contribution in [0.15, 0.2) is 71.3 Å². The molecule has 156 valence electrons. The Kier molecular flexibility index (Phi) is 5.22. The second-order valence-electron chi connectivity index (χ2n) is 8.04. The van der Waals surface area contributed by atoms with Gasteiger partial charge in [-0.3, -0.25) is 9.69 Å². The van der Waals surface area contributed by atoms with E-state index >= 15 is 0 Å². The van der Waals surface area contributed by atoms with Crippen LogP contribution in [0, 0.1) is 6.92 Å². The van der Waals surface area contributed by atoms with Crippen LogP contribution in [0.3, 0.4) is 0 Å². The minimum absolute atomic E-state index is 0.171. The standard InChI is InChI=1S/C25H24N4O2/c1-18-26-25(27-31-18)22-10-6-19(7-11-22)16-29-13-12-28(17-24(29)30)15-20-8-9-21-4-2-3-5-23(21)14-20/h2-11,14H,12-13,15-17H2,1H3. The summed E-state index contributed by atoms with van der Waals surface area (Å²) in [6, 6.07) is 22.9. The Hall–Kier alpha value is -3.51. The largest absolute Gasteiger partial charge is 0.339 e. The van der Waals surface area contributed by atoms with Gasteiger partial charge in [-0.15, -0.1) is 0 Å². The van der Waals surface area contributed by atoms with E-state index in [1.807, 2.05) is 29.2 Å². The van der Waals surface area contributed by atoms with Crippen LogP contribution in [0.1, 0.15) is 17.0 Å². The molecule has 4 aromatic rings. The molecule has 1 aromatic heterocycles. The Labute approximate surface area is 181 Å². The second-order valence-corrected chi connectivity index (χ2v) is 8.04. The predicted molar refractivity (Wildman–Crippen MR) is 119 cm³/mol. The van der Waals surface area contributed by atoms with E-state index in [2.05, 4.69) is 57.5 Å². The molecule has 0 spiro atoms. The van der Waals surface area contributed by atoms with Crippen molar-refractivity contribution in [3.63, 3.8) is 0 Å². The Bertz CT molecular complexity index is 1220. The molecule has 6 nitrogen and oxygen atoms in total. The summed E-state index contributed by atoms with van der Waals surface area (Å²) in [7, 11) is 0. The quantitative estimate of drug-likeness (QED) is 0.495. The van der Waals surface area contributed by atoms with Gasteiger partial charge in [0.1, 0.15) is 0 Å². The summed E-state index contributed by atoms with van der Waals surface area (Å²) in [5.74, 6) is 1.30. The second kappa shape index (κ2) is 8.32. The third kappa shape index (κ3) is 4.34. The van der Waals surface area contributed by atoms with Crippen LogP contribution in [-0.2, 0) is 17.9 Å². The first-order chi connectivity index (χ1) is 15.1. The minimum Gasteiger partial charge on any atom is -0.339 e. The molecule has 1 aliphatic rings. The molecule has 1 fully saturated rings. The lowest BCUT2D eigenvalue weighted by Crippen LogP contribution is -2.49. The SMILES string of the molecule is Cc1nc(-c2ccc(CN3CCN(Cc4ccc5ccccc5c4)CC3=O)cc2)no1. The van der Waals surface area contributed by atoms with Crippen LogP contribution in [0.25, 0.3) is 22.2 Å². The predicted octanol–water partition coefficient (Wildman–Crippen LogP) is 4.04. The fourth-order valence-electron chi connectivity index (χ4n) is 4.05. The number of fused-ring (bicyclic) bond motifs is 1. The zero-order valence-corrected chi connectivity index (χ0v) is 17.5. The number of amides is 1. The van der Waals surface area contributed by atoms with E-state index in [1.165, 1.54) is 16.3 Å². The van der Waals surface area contributed by atoms with Gasteiger partial charge in [-0.25, -0.2) is 0 Å². The normalized spacial score (nSPS) is 15.0. The molecule has 31 heavy (non-hydrogen) atoms. The summed E-state index contributed by atoms with van der Waals surface area (Å²) < 4.78 is 5.04. The number of hydrogen-bond donors (Lipinski definition) is 0. The Morgan fingerprint density at radius 2 is 1.68 bits per heavy atom. The number of hydrogen-bond acceptors (Lipinski definition) is 5. The Morgan fingerprint density at radius 3 is 2.42 bits per heavy atom. The lowest BCUT2D eigenvalue weighted by molar-refractivity contribution is -0.136.